The highest BCUT2D eigenvalue weighted by atomic mass is 19.1. The Labute approximate surface area is 173 Å². The Morgan fingerprint density at radius 1 is 1.17 bits per heavy atom. The zero-order valence-corrected chi connectivity index (χ0v) is 16.6. The maximum absolute atomic E-state index is 13.9. The Kier molecular flexibility index (Phi) is 5.70. The standard InChI is InChI=1S/C23H22F2N4O/c1-15-4-2-5-16(12-15)22-26-10-9-20(27-22)17-6-3-11-29(14-17)23(30)28-21-13-18(24)7-8-19(21)25/h2,4-5,7-10,12-13,17H,3,6,11,14H2,1H3,(H,28,30). The van der Waals surface area contributed by atoms with Gasteiger partial charge < -0.3 is 10.2 Å². The summed E-state index contributed by atoms with van der Waals surface area (Å²) >= 11 is 0. The van der Waals surface area contributed by atoms with Gasteiger partial charge in [0.2, 0.25) is 0 Å². The van der Waals surface area contributed by atoms with Gasteiger partial charge >= 0.3 is 6.03 Å². The molecule has 1 aliphatic rings. The summed E-state index contributed by atoms with van der Waals surface area (Å²) < 4.78 is 27.2. The molecule has 1 aliphatic heterocycles. The van der Waals surface area contributed by atoms with E-state index in [0.29, 0.717) is 18.9 Å². The highest BCUT2D eigenvalue weighted by molar-refractivity contribution is 5.89. The number of benzene rings is 2. The third-order valence-electron chi connectivity index (χ3n) is 5.25. The lowest BCUT2D eigenvalue weighted by Crippen LogP contribution is -2.42. The Hall–Kier alpha value is -3.35. The van der Waals surface area contributed by atoms with Crippen molar-refractivity contribution < 1.29 is 13.6 Å². The number of hydrogen-bond acceptors (Lipinski definition) is 3. The van der Waals surface area contributed by atoms with Gasteiger partial charge in [-0.05, 0) is 44.0 Å². The smallest absolute Gasteiger partial charge is 0.321 e. The highest BCUT2D eigenvalue weighted by Gasteiger charge is 2.26. The number of rotatable bonds is 3. The molecule has 4 rings (SSSR count). The molecule has 0 aliphatic carbocycles. The van der Waals surface area contributed by atoms with E-state index in [-0.39, 0.29) is 11.6 Å². The summed E-state index contributed by atoms with van der Waals surface area (Å²) in [5.41, 5.74) is 2.79. The van der Waals surface area contributed by atoms with Crippen molar-refractivity contribution in [3.63, 3.8) is 0 Å². The number of likely N-dealkylation sites (tertiary alicyclic amines) is 1. The molecule has 1 N–H and O–H groups in total. The molecule has 1 unspecified atom stereocenters. The lowest BCUT2D eigenvalue weighted by molar-refractivity contribution is 0.192. The molecule has 0 radical (unpaired) electrons. The second-order valence-electron chi connectivity index (χ2n) is 7.51. The van der Waals surface area contributed by atoms with Gasteiger partial charge in [0.25, 0.3) is 0 Å². The third-order valence-corrected chi connectivity index (χ3v) is 5.25. The van der Waals surface area contributed by atoms with Crippen LogP contribution in [0.15, 0.2) is 54.7 Å². The zero-order valence-electron chi connectivity index (χ0n) is 16.6. The van der Waals surface area contributed by atoms with E-state index in [9.17, 15) is 13.6 Å². The van der Waals surface area contributed by atoms with E-state index >= 15 is 0 Å². The van der Waals surface area contributed by atoms with Crippen molar-refractivity contribution in [2.45, 2.75) is 25.7 Å². The number of aryl methyl sites for hydroxylation is 1. The summed E-state index contributed by atoms with van der Waals surface area (Å²) in [6.45, 7) is 3.02. The first-order valence-electron chi connectivity index (χ1n) is 9.90. The van der Waals surface area contributed by atoms with Gasteiger partial charge in [0, 0.05) is 42.5 Å². The third kappa shape index (κ3) is 4.45. The second kappa shape index (κ2) is 8.57. The minimum Gasteiger partial charge on any atom is -0.324 e. The van der Waals surface area contributed by atoms with Crippen molar-refractivity contribution in [2.24, 2.45) is 0 Å². The summed E-state index contributed by atoms with van der Waals surface area (Å²) in [4.78, 5) is 23.4. The van der Waals surface area contributed by atoms with Crippen LogP contribution in [0.1, 0.15) is 30.0 Å². The van der Waals surface area contributed by atoms with E-state index in [1.165, 1.54) is 0 Å². The maximum Gasteiger partial charge on any atom is 0.321 e. The number of carbonyl (C=O) groups excluding carboxylic acids is 1. The minimum atomic E-state index is -0.670. The first kappa shape index (κ1) is 19.9. The van der Waals surface area contributed by atoms with Crippen molar-refractivity contribution >= 4 is 11.7 Å². The van der Waals surface area contributed by atoms with Crippen LogP contribution in [0.25, 0.3) is 11.4 Å². The first-order chi connectivity index (χ1) is 14.5. The molecule has 1 fully saturated rings. The Balaban J connectivity index is 1.49. The molecule has 2 amide bonds. The van der Waals surface area contributed by atoms with E-state index in [0.717, 1.165) is 47.9 Å². The highest BCUT2D eigenvalue weighted by Crippen LogP contribution is 2.28. The molecule has 1 saturated heterocycles. The number of halogens is 2. The quantitative estimate of drug-likeness (QED) is 0.653. The van der Waals surface area contributed by atoms with Crippen LogP contribution in [0.2, 0.25) is 0 Å². The second-order valence-corrected chi connectivity index (χ2v) is 7.51. The average Bonchev–Trinajstić information content (AvgIpc) is 2.76. The van der Waals surface area contributed by atoms with E-state index in [2.05, 4.69) is 10.3 Å². The molecule has 0 bridgehead atoms. The zero-order chi connectivity index (χ0) is 21.1. The number of carbonyl (C=O) groups is 1. The predicted octanol–water partition coefficient (Wildman–Crippen LogP) is 5.14. The summed E-state index contributed by atoms with van der Waals surface area (Å²) in [5.74, 6) is -0.571. The molecular formula is C23H22F2N4O. The van der Waals surface area contributed by atoms with E-state index < -0.39 is 17.7 Å². The predicted molar refractivity (Wildman–Crippen MR) is 111 cm³/mol. The number of piperidine rings is 1. The fourth-order valence-electron chi connectivity index (χ4n) is 3.71. The molecule has 2 aromatic carbocycles. The molecule has 7 heteroatoms. The monoisotopic (exact) mass is 408 g/mol. The number of nitrogens with one attached hydrogen (secondary N) is 1. The summed E-state index contributed by atoms with van der Waals surface area (Å²) in [5, 5.41) is 2.48. The number of hydrogen-bond donors (Lipinski definition) is 1. The van der Waals surface area contributed by atoms with Crippen LogP contribution in [-0.2, 0) is 0 Å². The van der Waals surface area contributed by atoms with Gasteiger partial charge in [0.1, 0.15) is 11.6 Å². The lowest BCUT2D eigenvalue weighted by Gasteiger charge is -2.32. The van der Waals surface area contributed by atoms with Crippen LogP contribution in [0.5, 0.6) is 0 Å². The van der Waals surface area contributed by atoms with Gasteiger partial charge in [-0.25, -0.2) is 23.5 Å². The van der Waals surface area contributed by atoms with Gasteiger partial charge in [0.05, 0.1) is 5.69 Å². The SMILES string of the molecule is Cc1cccc(-c2nccc(C3CCCN(C(=O)Nc4cc(F)ccc4F)C3)n2)c1. The molecule has 5 nitrogen and oxygen atoms in total. The van der Waals surface area contributed by atoms with Crippen LogP contribution in [-0.4, -0.2) is 34.0 Å². The minimum absolute atomic E-state index is 0.0495. The normalized spacial score (nSPS) is 16.4. The van der Waals surface area contributed by atoms with Crippen LogP contribution in [0.4, 0.5) is 19.3 Å². The van der Waals surface area contributed by atoms with Crippen LogP contribution < -0.4 is 5.32 Å². The van der Waals surface area contributed by atoms with Gasteiger partial charge in [-0.3, -0.25) is 0 Å². The number of aromatic nitrogens is 2. The van der Waals surface area contributed by atoms with E-state index in [1.54, 1.807) is 11.1 Å². The van der Waals surface area contributed by atoms with E-state index in [1.807, 2.05) is 37.3 Å². The van der Waals surface area contributed by atoms with Crippen molar-refractivity contribution in [1.29, 1.82) is 0 Å². The molecule has 1 atom stereocenters. The molecule has 30 heavy (non-hydrogen) atoms. The van der Waals surface area contributed by atoms with Gasteiger partial charge in [-0.15, -0.1) is 0 Å². The lowest BCUT2D eigenvalue weighted by atomic mass is 9.94. The average molecular weight is 408 g/mol. The molecule has 2 heterocycles. The molecule has 3 aromatic rings. The Morgan fingerprint density at radius 3 is 2.87 bits per heavy atom. The number of nitrogens with zero attached hydrogens (tertiary/aromatic N) is 3. The van der Waals surface area contributed by atoms with E-state index in [4.69, 9.17) is 4.98 Å². The first-order valence-corrected chi connectivity index (χ1v) is 9.90. The largest absolute Gasteiger partial charge is 0.324 e. The Morgan fingerprint density at radius 2 is 2.03 bits per heavy atom. The van der Waals surface area contributed by atoms with Crippen molar-refractivity contribution in [3.8, 4) is 11.4 Å². The molecule has 0 spiro atoms. The molecular weight excluding hydrogens is 386 g/mol. The summed E-state index contributed by atoms with van der Waals surface area (Å²) in [6, 6.07) is 12.4. The van der Waals surface area contributed by atoms with Gasteiger partial charge in [-0.2, -0.15) is 0 Å². The number of anilines is 1. The van der Waals surface area contributed by atoms with Crippen molar-refractivity contribution in [2.75, 3.05) is 18.4 Å². The fourth-order valence-corrected chi connectivity index (χ4v) is 3.71. The van der Waals surface area contributed by atoms with Crippen LogP contribution in [0, 0.1) is 18.6 Å². The van der Waals surface area contributed by atoms with Gasteiger partial charge in [0.15, 0.2) is 5.82 Å². The maximum atomic E-state index is 13.9. The summed E-state index contributed by atoms with van der Waals surface area (Å²) in [7, 11) is 0. The molecule has 0 saturated carbocycles. The number of amides is 2. The van der Waals surface area contributed by atoms with Gasteiger partial charge in [-0.1, -0.05) is 23.8 Å². The fraction of sp³-hybridized carbons (Fsp3) is 0.261. The van der Waals surface area contributed by atoms with Crippen molar-refractivity contribution in [1.82, 2.24) is 14.9 Å². The van der Waals surface area contributed by atoms with Crippen molar-refractivity contribution in [3.05, 3.63) is 77.6 Å². The Bertz CT molecular complexity index is 1070. The van der Waals surface area contributed by atoms with Crippen LogP contribution in [0.3, 0.4) is 0 Å². The number of urea groups is 1. The molecule has 1 aromatic heterocycles. The summed E-state index contributed by atoms with van der Waals surface area (Å²) in [6.07, 6.45) is 3.43. The topological polar surface area (TPSA) is 58.1 Å². The van der Waals surface area contributed by atoms with Crippen LogP contribution >= 0.6 is 0 Å². The molecule has 154 valence electrons.